The fraction of sp³-hybridized carbons (Fsp3) is 0.500. The van der Waals surface area contributed by atoms with Gasteiger partial charge in [-0.25, -0.2) is 4.79 Å². The highest BCUT2D eigenvalue weighted by Gasteiger charge is 2.39. The van der Waals surface area contributed by atoms with Gasteiger partial charge in [-0.3, -0.25) is 9.69 Å². The van der Waals surface area contributed by atoms with Crippen molar-refractivity contribution in [1.29, 1.82) is 5.26 Å². The molecule has 1 saturated heterocycles. The van der Waals surface area contributed by atoms with Gasteiger partial charge in [-0.2, -0.15) is 5.26 Å². The van der Waals surface area contributed by atoms with E-state index in [2.05, 4.69) is 10.6 Å². The van der Waals surface area contributed by atoms with E-state index in [0.717, 1.165) is 0 Å². The molecule has 4 atom stereocenters. The Labute approximate surface area is 138 Å². The Bertz CT molecular complexity index is 626. The molecule has 0 aromatic carbocycles. The van der Waals surface area contributed by atoms with E-state index in [1.807, 2.05) is 6.07 Å². The Morgan fingerprint density at radius 3 is 2.92 bits per heavy atom. The van der Waals surface area contributed by atoms with Crippen molar-refractivity contribution in [1.82, 2.24) is 15.5 Å². The molecule has 2 rings (SSSR count). The molecule has 0 spiro atoms. The van der Waals surface area contributed by atoms with Crippen LogP contribution in [0.15, 0.2) is 23.5 Å². The summed E-state index contributed by atoms with van der Waals surface area (Å²) < 4.78 is 5.41. The Hall–Kier alpha value is -2.45. The molecule has 0 saturated carbocycles. The van der Waals surface area contributed by atoms with Crippen molar-refractivity contribution in [2.24, 2.45) is 5.73 Å². The minimum atomic E-state index is -1.05. The van der Waals surface area contributed by atoms with Crippen LogP contribution in [0.3, 0.4) is 0 Å². The van der Waals surface area contributed by atoms with E-state index in [4.69, 9.17) is 15.6 Å². The van der Waals surface area contributed by atoms with Crippen LogP contribution in [0.1, 0.15) is 13.3 Å². The van der Waals surface area contributed by atoms with Crippen molar-refractivity contribution >= 4 is 11.9 Å². The summed E-state index contributed by atoms with van der Waals surface area (Å²) >= 11 is 0. The van der Waals surface area contributed by atoms with Crippen molar-refractivity contribution in [3.8, 4) is 6.07 Å². The van der Waals surface area contributed by atoms with E-state index < -0.39 is 36.5 Å². The quantitative estimate of drug-likeness (QED) is 0.298. The molecule has 2 heterocycles. The van der Waals surface area contributed by atoms with Gasteiger partial charge in [-0.1, -0.05) is 0 Å². The largest absolute Gasteiger partial charge is 0.394 e. The van der Waals surface area contributed by atoms with Crippen LogP contribution < -0.4 is 16.4 Å². The third-order valence-corrected chi connectivity index (χ3v) is 3.65. The van der Waals surface area contributed by atoms with E-state index in [1.165, 1.54) is 24.1 Å². The monoisotopic (exact) mass is 337 g/mol. The number of aliphatic hydroxyl groups is 2. The first-order chi connectivity index (χ1) is 11.4. The van der Waals surface area contributed by atoms with Gasteiger partial charge < -0.3 is 31.3 Å². The lowest BCUT2D eigenvalue weighted by Gasteiger charge is -2.29. The van der Waals surface area contributed by atoms with Crippen molar-refractivity contribution < 1.29 is 24.5 Å². The van der Waals surface area contributed by atoms with Crippen LogP contribution in [-0.2, 0) is 9.53 Å². The van der Waals surface area contributed by atoms with Gasteiger partial charge in [0.15, 0.2) is 0 Å². The number of carbonyl (C=O) groups is 2. The summed E-state index contributed by atoms with van der Waals surface area (Å²) in [5, 5.41) is 32.9. The van der Waals surface area contributed by atoms with E-state index in [0.29, 0.717) is 0 Å². The lowest BCUT2D eigenvalue weighted by molar-refractivity contribution is -0.119. The first-order valence-corrected chi connectivity index (χ1v) is 7.26. The molecule has 1 unspecified atom stereocenters. The van der Waals surface area contributed by atoms with Gasteiger partial charge >= 0.3 is 6.03 Å². The number of hydrogen-bond donors (Lipinski definition) is 5. The number of aliphatic hydroxyl groups excluding tert-OH is 2. The fourth-order valence-electron chi connectivity index (χ4n) is 2.47. The number of nitriles is 1. The number of carbonyl (C=O) groups excluding carboxylic acids is 2. The van der Waals surface area contributed by atoms with Crippen LogP contribution in [-0.4, -0.2) is 58.3 Å². The van der Waals surface area contributed by atoms with Crippen molar-refractivity contribution in [3.63, 3.8) is 0 Å². The fourth-order valence-corrected chi connectivity index (χ4v) is 2.47. The van der Waals surface area contributed by atoms with Crippen LogP contribution in [0.4, 0.5) is 4.79 Å². The van der Waals surface area contributed by atoms with Gasteiger partial charge in [0.25, 0.3) is 0 Å². The molecule has 0 bridgehead atoms. The number of nitrogens with zero attached hydrogens (tertiary/aromatic N) is 2. The van der Waals surface area contributed by atoms with Crippen molar-refractivity contribution in [2.45, 2.75) is 37.9 Å². The summed E-state index contributed by atoms with van der Waals surface area (Å²) in [6.07, 6.45) is -0.422. The lowest BCUT2D eigenvalue weighted by Crippen LogP contribution is -2.47. The van der Waals surface area contributed by atoms with Crippen LogP contribution in [0.25, 0.3) is 0 Å². The summed E-state index contributed by atoms with van der Waals surface area (Å²) in [7, 11) is 0. The molecule has 130 valence electrons. The third-order valence-electron chi connectivity index (χ3n) is 3.65. The Morgan fingerprint density at radius 2 is 2.42 bits per heavy atom. The number of ether oxygens (including phenoxy) is 1. The van der Waals surface area contributed by atoms with Gasteiger partial charge in [-0.05, 0) is 6.08 Å². The topological polar surface area (TPSA) is 161 Å². The molecule has 6 N–H and O–H groups in total. The third kappa shape index (κ3) is 3.72. The van der Waals surface area contributed by atoms with Crippen LogP contribution in [0.5, 0.6) is 0 Å². The predicted molar refractivity (Wildman–Crippen MR) is 80.3 cm³/mol. The van der Waals surface area contributed by atoms with E-state index in [-0.39, 0.29) is 24.3 Å². The molecule has 0 aliphatic carbocycles. The maximum absolute atomic E-state index is 12.2. The van der Waals surface area contributed by atoms with Gasteiger partial charge in [0.1, 0.15) is 24.6 Å². The first-order valence-electron chi connectivity index (χ1n) is 7.26. The molecule has 24 heavy (non-hydrogen) atoms. The van der Waals surface area contributed by atoms with Gasteiger partial charge in [0.2, 0.25) is 5.91 Å². The number of amides is 3. The first kappa shape index (κ1) is 17.9. The average molecular weight is 337 g/mol. The summed E-state index contributed by atoms with van der Waals surface area (Å²) in [6.45, 7) is 0.906. The molecule has 10 nitrogen and oxygen atoms in total. The maximum Gasteiger partial charge on any atom is 0.328 e. The Balaban J connectivity index is 2.17. The Kier molecular flexibility index (Phi) is 5.53. The van der Waals surface area contributed by atoms with Gasteiger partial charge in [0, 0.05) is 19.5 Å². The zero-order valence-corrected chi connectivity index (χ0v) is 13.0. The van der Waals surface area contributed by atoms with E-state index >= 15 is 0 Å². The molecule has 2 aliphatic rings. The summed E-state index contributed by atoms with van der Waals surface area (Å²) in [5.41, 5.74) is 5.88. The van der Waals surface area contributed by atoms with Gasteiger partial charge in [-0.15, -0.1) is 0 Å². The average Bonchev–Trinajstić information content (AvgIpc) is 2.88. The minimum Gasteiger partial charge on any atom is -0.394 e. The molecule has 2 aliphatic heterocycles. The number of allylic oxidation sites excluding steroid dienone is 1. The van der Waals surface area contributed by atoms with Crippen LogP contribution in [0, 0.1) is 11.3 Å². The highest BCUT2D eigenvalue weighted by Crippen LogP contribution is 2.25. The van der Waals surface area contributed by atoms with Crippen molar-refractivity contribution in [3.05, 3.63) is 23.5 Å². The molecule has 10 heteroatoms. The molecule has 0 aromatic rings. The zero-order valence-electron chi connectivity index (χ0n) is 13.0. The zero-order chi connectivity index (χ0) is 17.9. The number of urea groups is 1. The molecular weight excluding hydrogens is 318 g/mol. The maximum atomic E-state index is 12.2. The number of hydrogen-bond acceptors (Lipinski definition) is 7. The lowest BCUT2D eigenvalue weighted by atomic mass is 10.1. The van der Waals surface area contributed by atoms with Crippen LogP contribution >= 0.6 is 0 Å². The highest BCUT2D eigenvalue weighted by molar-refractivity contribution is 5.80. The number of rotatable bonds is 4. The molecular formula is C14H19N5O5. The summed E-state index contributed by atoms with van der Waals surface area (Å²) in [4.78, 5) is 24.5. The minimum absolute atomic E-state index is 0.00457. The summed E-state index contributed by atoms with van der Waals surface area (Å²) in [6, 6.07) is 1.28. The molecule has 0 aromatic heterocycles. The normalized spacial score (nSPS) is 29.7. The standard InChI is InChI=1S/C14H19N5O5/c1-7(21)17-13(16)8(5-15)9-2-3-19(14(23)18-9)12-4-10(22)11(6-20)24-12/h2-3,10-13,20,22H,4,6,16H2,1H3,(H,17,21)(H,18,23)/b9-8-/t10-,11+,12+,13?/m0/s1. The highest BCUT2D eigenvalue weighted by atomic mass is 16.5. The smallest absolute Gasteiger partial charge is 0.328 e. The number of nitrogens with one attached hydrogen (secondary N) is 2. The Morgan fingerprint density at radius 1 is 1.71 bits per heavy atom. The molecule has 1 fully saturated rings. The number of nitrogens with two attached hydrogens (primary N) is 1. The second-order valence-electron chi connectivity index (χ2n) is 5.39. The SMILES string of the molecule is CC(=O)NC(N)/C(C#N)=C1/C=CN([C@H]2C[C@H](O)[C@@H](CO)O2)C(=O)N1. The van der Waals surface area contributed by atoms with Crippen LogP contribution in [0.2, 0.25) is 0 Å². The van der Waals surface area contributed by atoms with Gasteiger partial charge in [0.05, 0.1) is 24.0 Å². The molecule has 0 radical (unpaired) electrons. The molecule has 3 amide bonds. The van der Waals surface area contributed by atoms with E-state index in [9.17, 15) is 20.0 Å². The van der Waals surface area contributed by atoms with E-state index in [1.54, 1.807) is 0 Å². The summed E-state index contributed by atoms with van der Waals surface area (Å²) in [5.74, 6) is -0.410. The second-order valence-corrected chi connectivity index (χ2v) is 5.39. The van der Waals surface area contributed by atoms with Crippen molar-refractivity contribution in [2.75, 3.05) is 6.61 Å². The second kappa shape index (κ2) is 7.41. The predicted octanol–water partition coefficient (Wildman–Crippen LogP) is -1.81.